The lowest BCUT2D eigenvalue weighted by Gasteiger charge is -2.42. The van der Waals surface area contributed by atoms with E-state index in [-0.39, 0.29) is 21.6 Å². The minimum absolute atomic E-state index is 0.0415. The third-order valence-corrected chi connectivity index (χ3v) is 7.36. The van der Waals surface area contributed by atoms with Crippen molar-refractivity contribution < 1.29 is 9.84 Å². The van der Waals surface area contributed by atoms with Crippen LogP contribution in [0.1, 0.15) is 62.1 Å². The van der Waals surface area contributed by atoms with Gasteiger partial charge in [0.15, 0.2) is 0 Å². The molecule has 0 unspecified atom stereocenters. The molecule has 0 amide bonds. The molecule has 0 saturated heterocycles. The van der Waals surface area contributed by atoms with Crippen LogP contribution in [0.5, 0.6) is 11.6 Å². The first-order valence-corrected chi connectivity index (χ1v) is 11.2. The highest BCUT2D eigenvalue weighted by Crippen LogP contribution is 2.47. The van der Waals surface area contributed by atoms with Crippen molar-refractivity contribution in [1.29, 1.82) is 0 Å². The monoisotopic (exact) mass is 423 g/mol. The Balaban J connectivity index is 1.80. The maximum Gasteiger partial charge on any atom is 0.307 e. The Morgan fingerprint density at radius 3 is 2.37 bits per heavy atom. The van der Waals surface area contributed by atoms with Crippen molar-refractivity contribution in [3.05, 3.63) is 67.6 Å². The van der Waals surface area contributed by atoms with Gasteiger partial charge in [-0.05, 0) is 58.1 Å². The number of rotatable bonds is 4. The van der Waals surface area contributed by atoms with E-state index in [0.29, 0.717) is 11.3 Å². The summed E-state index contributed by atoms with van der Waals surface area (Å²) in [6.45, 7) is 9.32. The van der Waals surface area contributed by atoms with Crippen LogP contribution in [-0.2, 0) is 17.3 Å². The first-order chi connectivity index (χ1) is 14.1. The second-order valence-electron chi connectivity index (χ2n) is 9.53. The molecule has 0 radical (unpaired) electrons. The number of aromatic nitrogens is 1. The lowest BCUT2D eigenvalue weighted by molar-refractivity contribution is 0.332. The molecule has 0 bridgehead atoms. The van der Waals surface area contributed by atoms with Crippen LogP contribution < -0.4 is 9.61 Å². The lowest BCUT2D eigenvalue weighted by Crippen LogP contribution is -2.33. The third kappa shape index (κ3) is 3.67. The number of methoxy groups -OCH3 is 1. The number of benzene rings is 2. The molecule has 4 rings (SSSR count). The average Bonchev–Trinajstić information content (AvgIpc) is 3.02. The Labute approximate surface area is 181 Å². The normalized spacial score (nSPS) is 16.8. The number of hydrogen-bond donors (Lipinski definition) is 2. The molecule has 1 aliphatic rings. The van der Waals surface area contributed by atoms with Crippen molar-refractivity contribution in [3.8, 4) is 22.8 Å². The zero-order chi connectivity index (χ0) is 21.7. The maximum atomic E-state index is 11.5. The summed E-state index contributed by atoms with van der Waals surface area (Å²) in [7, 11) is 1.69. The summed E-state index contributed by atoms with van der Waals surface area (Å²) in [6.07, 6.45) is 2.85. The molecule has 1 heterocycles. The molecule has 1 aliphatic carbocycles. The highest BCUT2D eigenvalue weighted by Gasteiger charge is 2.37. The van der Waals surface area contributed by atoms with Crippen LogP contribution in [0.4, 0.5) is 0 Å². The number of hydrogen-bond acceptors (Lipinski definition) is 4. The Morgan fingerprint density at radius 1 is 1.03 bits per heavy atom. The molecule has 0 saturated carbocycles. The second kappa shape index (κ2) is 7.31. The zero-order valence-electron chi connectivity index (χ0n) is 18.3. The van der Waals surface area contributed by atoms with Gasteiger partial charge in [0, 0.05) is 12.0 Å². The van der Waals surface area contributed by atoms with Gasteiger partial charge in [0.2, 0.25) is 5.88 Å². The summed E-state index contributed by atoms with van der Waals surface area (Å²) < 4.78 is 5.67. The maximum absolute atomic E-state index is 11.5. The number of thiazole rings is 1. The Bertz CT molecular complexity index is 1150. The van der Waals surface area contributed by atoms with Crippen molar-refractivity contribution in [3.63, 3.8) is 0 Å². The number of fused-ring (bicyclic) bond motifs is 1. The van der Waals surface area contributed by atoms with Gasteiger partial charge in [0.25, 0.3) is 0 Å². The average molecular weight is 424 g/mol. The molecular formula is C25H29NO3S. The van der Waals surface area contributed by atoms with E-state index in [2.05, 4.69) is 56.9 Å². The third-order valence-electron chi connectivity index (χ3n) is 6.49. The Hall–Kier alpha value is -2.53. The lowest BCUT2D eigenvalue weighted by atomic mass is 9.63. The first-order valence-electron chi connectivity index (χ1n) is 10.3. The summed E-state index contributed by atoms with van der Waals surface area (Å²) in [5, 5.41) is 9.95. The van der Waals surface area contributed by atoms with Crippen LogP contribution in [0, 0.1) is 0 Å². The van der Waals surface area contributed by atoms with E-state index >= 15 is 0 Å². The van der Waals surface area contributed by atoms with Gasteiger partial charge in [-0.15, -0.1) is 0 Å². The SMILES string of the molecule is COc1ccc(Cc2sc(=O)[nH]c2O)cc1-c1ccc2c(c1)C(C)(C)CCC2(C)C. The van der Waals surface area contributed by atoms with Gasteiger partial charge in [-0.2, -0.15) is 0 Å². The molecule has 2 aromatic carbocycles. The van der Waals surface area contributed by atoms with Gasteiger partial charge in [-0.25, -0.2) is 0 Å². The van der Waals surface area contributed by atoms with Crippen LogP contribution in [-0.4, -0.2) is 17.2 Å². The summed E-state index contributed by atoms with van der Waals surface area (Å²) >= 11 is 1.05. The smallest absolute Gasteiger partial charge is 0.307 e. The van der Waals surface area contributed by atoms with Gasteiger partial charge in [0.05, 0.1) is 12.0 Å². The number of ether oxygens (including phenoxy) is 1. The Kier molecular flexibility index (Phi) is 5.05. The van der Waals surface area contributed by atoms with Crippen LogP contribution in [0.3, 0.4) is 0 Å². The number of aromatic amines is 1. The van der Waals surface area contributed by atoms with Gasteiger partial charge in [-0.1, -0.05) is 63.3 Å². The van der Waals surface area contributed by atoms with Gasteiger partial charge in [-0.3, -0.25) is 9.78 Å². The summed E-state index contributed by atoms with van der Waals surface area (Å²) in [4.78, 5) is 14.4. The fourth-order valence-corrected chi connectivity index (χ4v) is 5.26. The molecule has 30 heavy (non-hydrogen) atoms. The molecule has 2 N–H and O–H groups in total. The van der Waals surface area contributed by atoms with Crippen molar-refractivity contribution in [1.82, 2.24) is 4.98 Å². The minimum atomic E-state index is -0.240. The van der Waals surface area contributed by atoms with E-state index < -0.39 is 0 Å². The van der Waals surface area contributed by atoms with Crippen molar-refractivity contribution in [2.45, 2.75) is 57.8 Å². The molecule has 0 aliphatic heterocycles. The molecule has 1 aromatic heterocycles. The first kappa shape index (κ1) is 20.7. The molecule has 0 fully saturated rings. The van der Waals surface area contributed by atoms with Crippen LogP contribution in [0.2, 0.25) is 0 Å². The summed E-state index contributed by atoms with van der Waals surface area (Å²) in [6, 6.07) is 12.8. The van der Waals surface area contributed by atoms with Crippen LogP contribution in [0.25, 0.3) is 11.1 Å². The van der Waals surface area contributed by atoms with Gasteiger partial charge in [0.1, 0.15) is 5.75 Å². The van der Waals surface area contributed by atoms with E-state index in [1.165, 1.54) is 24.0 Å². The summed E-state index contributed by atoms with van der Waals surface area (Å²) in [5.41, 5.74) is 6.33. The molecule has 4 nitrogen and oxygen atoms in total. The minimum Gasteiger partial charge on any atom is -0.496 e. The van der Waals surface area contributed by atoms with Crippen LogP contribution >= 0.6 is 11.3 Å². The van der Waals surface area contributed by atoms with Gasteiger partial charge < -0.3 is 9.84 Å². The molecule has 0 spiro atoms. The standard InChI is InChI=1S/C25H29NO3S/c1-24(2)10-11-25(3,4)19-14-16(7-8-18(19)24)17-12-15(6-9-20(17)29-5)13-21-22(27)26-23(28)30-21/h6-9,12,14,27H,10-11,13H2,1-5H3,(H,26,28). The second-order valence-corrected chi connectivity index (χ2v) is 10.6. The van der Waals surface area contributed by atoms with E-state index in [9.17, 15) is 9.90 Å². The zero-order valence-corrected chi connectivity index (χ0v) is 19.1. The fourth-order valence-electron chi connectivity index (χ4n) is 4.50. The predicted molar refractivity (Wildman–Crippen MR) is 123 cm³/mol. The van der Waals surface area contributed by atoms with E-state index in [0.717, 1.165) is 33.8 Å². The van der Waals surface area contributed by atoms with E-state index in [1.54, 1.807) is 7.11 Å². The molecule has 5 heteroatoms. The number of nitrogens with one attached hydrogen (secondary N) is 1. The highest BCUT2D eigenvalue weighted by molar-refractivity contribution is 7.09. The van der Waals surface area contributed by atoms with Crippen molar-refractivity contribution in [2.75, 3.05) is 7.11 Å². The predicted octanol–water partition coefficient (Wildman–Crippen LogP) is 5.76. The van der Waals surface area contributed by atoms with Crippen LogP contribution in [0.15, 0.2) is 41.2 Å². The molecular weight excluding hydrogens is 394 g/mol. The number of H-pyrrole nitrogens is 1. The van der Waals surface area contributed by atoms with Crippen molar-refractivity contribution >= 4 is 11.3 Å². The van der Waals surface area contributed by atoms with E-state index in [1.807, 2.05) is 12.1 Å². The summed E-state index contributed by atoms with van der Waals surface area (Å²) in [5.74, 6) is 0.776. The topological polar surface area (TPSA) is 62.3 Å². The fraction of sp³-hybridized carbons (Fsp3) is 0.400. The quantitative estimate of drug-likeness (QED) is 0.561. The van der Waals surface area contributed by atoms with Gasteiger partial charge >= 0.3 is 4.87 Å². The number of aromatic hydroxyl groups is 1. The Morgan fingerprint density at radius 2 is 1.73 bits per heavy atom. The van der Waals surface area contributed by atoms with Crippen molar-refractivity contribution in [2.24, 2.45) is 0 Å². The molecule has 158 valence electrons. The largest absolute Gasteiger partial charge is 0.496 e. The molecule has 0 atom stereocenters. The highest BCUT2D eigenvalue weighted by atomic mass is 32.1. The molecule has 3 aromatic rings. The van der Waals surface area contributed by atoms with E-state index in [4.69, 9.17) is 4.74 Å².